The Kier molecular flexibility index (Phi) is 68.4. The number of hydrogen-bond acceptors (Lipinski definition) is 24. The first-order valence-corrected chi connectivity index (χ1v) is 50.6. The van der Waals surface area contributed by atoms with E-state index in [1.54, 1.807) is 0 Å². The second kappa shape index (κ2) is 73.8. The molecule has 10 N–H and O–H groups in total. The third-order valence-corrected chi connectivity index (χ3v) is 24.9. The predicted octanol–water partition coefficient (Wildman–Crippen LogP) is 18.9. The number of carbonyl (C=O) groups excluding carboxylic acids is 4. The molecule has 0 radical (unpaired) electrons. The van der Waals surface area contributed by atoms with Crippen molar-refractivity contribution in [3.63, 3.8) is 0 Å². The van der Waals surface area contributed by atoms with Crippen LogP contribution < -0.4 is 0 Å². The molecule has 1 aliphatic carbocycles. The van der Waals surface area contributed by atoms with Crippen LogP contribution >= 0.6 is 7.82 Å². The molecule has 18 unspecified atom stereocenters. The lowest BCUT2D eigenvalue weighted by atomic mass is 9.84. The number of phosphoric acid groups is 1. The maximum atomic E-state index is 14.9. The van der Waals surface area contributed by atoms with Crippen LogP contribution in [0.5, 0.6) is 0 Å². The number of unbranched alkanes of at least 4 members (excludes halogenated alkanes) is 52. The van der Waals surface area contributed by atoms with E-state index in [2.05, 4.69) is 52.0 Å². The van der Waals surface area contributed by atoms with Gasteiger partial charge in [-0.05, 0) is 77.0 Å². The zero-order valence-electron chi connectivity index (χ0n) is 75.8. The minimum absolute atomic E-state index is 0.0101. The molecule has 3 rings (SSSR count). The molecule has 0 aromatic heterocycles. The summed E-state index contributed by atoms with van der Waals surface area (Å²) in [6.45, 7) is 5.61. The largest absolute Gasteiger partial charge is 0.472 e. The van der Waals surface area contributed by atoms with Crippen LogP contribution in [0.1, 0.15) is 426 Å². The first-order valence-electron chi connectivity index (χ1n) is 49.1. The number of carbonyl (C=O) groups is 4. The molecule has 1 saturated carbocycles. The predicted molar refractivity (Wildman–Crippen MR) is 472 cm³/mol. The van der Waals surface area contributed by atoms with Crippen molar-refractivity contribution in [2.24, 2.45) is 0 Å². The third kappa shape index (κ3) is 53.5. The zero-order valence-corrected chi connectivity index (χ0v) is 76.7. The molecule has 121 heavy (non-hydrogen) atoms. The van der Waals surface area contributed by atoms with E-state index in [4.69, 9.17) is 46.9 Å². The normalized spacial score (nSPS) is 24.7. The fourth-order valence-electron chi connectivity index (χ4n) is 16.1. The molecular formula is C95H175O25P. The van der Waals surface area contributed by atoms with E-state index in [0.717, 1.165) is 167 Å². The number of allylic oxidation sites excluding steroid dienone is 4. The summed E-state index contributed by atoms with van der Waals surface area (Å²) in [7, 11) is -5.81. The minimum atomic E-state index is -5.81. The number of hydrogen-bond donors (Lipinski definition) is 10. The Morgan fingerprint density at radius 2 is 0.620 bits per heavy atom. The van der Waals surface area contributed by atoms with Crippen molar-refractivity contribution in [2.75, 3.05) is 26.4 Å². The van der Waals surface area contributed by atoms with Crippen LogP contribution in [0.3, 0.4) is 0 Å². The van der Waals surface area contributed by atoms with Gasteiger partial charge in [0.25, 0.3) is 0 Å². The monoisotopic (exact) mass is 1750 g/mol. The quantitative estimate of drug-likeness (QED) is 0.00889. The van der Waals surface area contributed by atoms with Gasteiger partial charge in [-0.25, -0.2) is 4.57 Å². The minimum Gasteiger partial charge on any atom is -0.463 e. The molecule has 2 heterocycles. The maximum absolute atomic E-state index is 14.9. The number of rotatable bonds is 80. The van der Waals surface area contributed by atoms with Crippen molar-refractivity contribution in [1.82, 2.24) is 0 Å². The second-order valence-electron chi connectivity index (χ2n) is 34.9. The van der Waals surface area contributed by atoms with E-state index in [0.29, 0.717) is 32.1 Å². The molecule has 2 saturated heterocycles. The number of ether oxygens (including phenoxy) is 8. The van der Waals surface area contributed by atoms with Crippen LogP contribution in [0.2, 0.25) is 0 Å². The highest BCUT2D eigenvalue weighted by molar-refractivity contribution is 7.47. The summed E-state index contributed by atoms with van der Waals surface area (Å²) in [5, 5.41) is 102. The van der Waals surface area contributed by atoms with Gasteiger partial charge in [-0.2, -0.15) is 0 Å². The Labute approximate surface area is 730 Å². The molecule has 3 fully saturated rings. The summed E-state index contributed by atoms with van der Waals surface area (Å²) in [6, 6.07) is 0. The Bertz CT molecular complexity index is 2600. The SMILES string of the molecule is CCCCCC/C=C\CCCCCCCCCC(=O)OCC(COP(=O)(O)OC1C(OC2OC(CO)C(O)C(O)C2O)C(O)C(O)C(OC(=O)CCCCCCCCCCCCCCCCCC)C1OC1OC(COC(=O)CCCCCCCCC/C=C\CCCCCC)C(O)C(O)C1O)OC(=O)CCCCCCCCCCCCCCCCCC. The maximum Gasteiger partial charge on any atom is 0.472 e. The van der Waals surface area contributed by atoms with Crippen molar-refractivity contribution in [1.29, 1.82) is 0 Å². The van der Waals surface area contributed by atoms with E-state index in [9.17, 15) is 74.6 Å². The lowest BCUT2D eigenvalue weighted by Gasteiger charge is -2.50. The van der Waals surface area contributed by atoms with Crippen molar-refractivity contribution in [3.8, 4) is 0 Å². The molecule has 0 aromatic carbocycles. The van der Waals surface area contributed by atoms with Gasteiger partial charge in [0.15, 0.2) is 24.8 Å². The van der Waals surface area contributed by atoms with Gasteiger partial charge in [-0.15, -0.1) is 0 Å². The van der Waals surface area contributed by atoms with Crippen molar-refractivity contribution >= 4 is 31.7 Å². The van der Waals surface area contributed by atoms with E-state index < -0.39 is 162 Å². The van der Waals surface area contributed by atoms with Crippen LogP contribution in [0, 0.1) is 0 Å². The van der Waals surface area contributed by atoms with Crippen molar-refractivity contribution < 1.29 is 122 Å². The number of phosphoric ester groups is 1. The molecule has 0 spiro atoms. The van der Waals surface area contributed by atoms with Gasteiger partial charge in [0, 0.05) is 25.7 Å². The van der Waals surface area contributed by atoms with Gasteiger partial charge in [0.2, 0.25) is 0 Å². The first kappa shape index (κ1) is 112. The number of esters is 4. The van der Waals surface area contributed by atoms with E-state index in [1.807, 2.05) is 0 Å². The summed E-state index contributed by atoms with van der Waals surface area (Å²) in [5.74, 6) is -2.96. The lowest BCUT2D eigenvalue weighted by Crippen LogP contribution is -2.70. The lowest BCUT2D eigenvalue weighted by molar-refractivity contribution is -0.360. The van der Waals surface area contributed by atoms with E-state index in [1.165, 1.54) is 173 Å². The molecule has 25 nitrogen and oxygen atoms in total. The molecule has 2 aliphatic heterocycles. The first-order chi connectivity index (χ1) is 58.7. The van der Waals surface area contributed by atoms with Crippen molar-refractivity contribution in [3.05, 3.63) is 24.3 Å². The van der Waals surface area contributed by atoms with Crippen molar-refractivity contribution in [2.45, 2.75) is 530 Å². The van der Waals surface area contributed by atoms with Gasteiger partial charge in [0.05, 0.1) is 13.2 Å². The molecule has 26 heteroatoms. The van der Waals surface area contributed by atoms with Gasteiger partial charge >= 0.3 is 31.7 Å². The summed E-state index contributed by atoms with van der Waals surface area (Å²) in [6.07, 6.45) is 35.6. The average Bonchev–Trinajstić information content (AvgIpc) is 0.754. The van der Waals surface area contributed by atoms with Crippen LogP contribution in [0.4, 0.5) is 0 Å². The van der Waals surface area contributed by atoms with Crippen LogP contribution in [-0.4, -0.2) is 205 Å². The molecule has 0 amide bonds. The fraction of sp³-hybridized carbons (Fsp3) is 0.916. The standard InChI is InChI=1S/C95H175O25P/c1-5-9-13-17-21-25-29-33-37-41-45-49-53-57-61-65-69-80(99)114-75(72-111-78(97)67-63-59-55-51-47-43-39-35-31-27-23-19-15-11-7-3)73-113-121(109,110)120-93-91(118-94-88(107)84(103)82(101)76(71-96)115-94)87(106)86(105)90(117-81(100)70-66-62-58-54-50-46-42-38-34-30-26-22-18-14-10-6-2)92(93)119-95-89(108)85(104)83(102)77(116-95)74-112-79(98)68-64-60-56-52-48-44-40-36-32-28-24-20-16-12-8-4/h27-28,31-32,75-77,82-96,101-108H,5-26,29-30,33-74H2,1-4H3,(H,109,110)/b31-27-,32-28-. The Balaban J connectivity index is 1.90. The topological polar surface area (TPSA) is 380 Å². The summed E-state index contributed by atoms with van der Waals surface area (Å²) >= 11 is 0. The Morgan fingerprint density at radius 3 is 0.992 bits per heavy atom. The highest BCUT2D eigenvalue weighted by Crippen LogP contribution is 2.49. The second-order valence-corrected chi connectivity index (χ2v) is 36.3. The van der Waals surface area contributed by atoms with E-state index >= 15 is 0 Å². The third-order valence-electron chi connectivity index (χ3n) is 23.9. The van der Waals surface area contributed by atoms with Crippen LogP contribution in [-0.2, 0) is 70.7 Å². The number of aliphatic hydroxyl groups is 9. The number of aliphatic hydroxyl groups excluding tert-OH is 9. The summed E-state index contributed by atoms with van der Waals surface area (Å²) in [5.41, 5.74) is 0. The molecule has 710 valence electrons. The average molecular weight is 1750 g/mol. The highest BCUT2D eigenvalue weighted by Gasteiger charge is 2.60. The van der Waals surface area contributed by atoms with Gasteiger partial charge in [-0.3, -0.25) is 28.2 Å². The van der Waals surface area contributed by atoms with Gasteiger partial charge < -0.3 is 88.7 Å². The molecule has 0 aromatic rings. The molecule has 0 bridgehead atoms. The highest BCUT2D eigenvalue weighted by atomic mass is 31.2. The summed E-state index contributed by atoms with van der Waals surface area (Å²) in [4.78, 5) is 66.6. The molecule has 18 atom stereocenters. The van der Waals surface area contributed by atoms with Gasteiger partial charge in [0.1, 0.15) is 92.6 Å². The fourth-order valence-corrected chi connectivity index (χ4v) is 17.1. The molecule has 3 aliphatic rings. The van der Waals surface area contributed by atoms with Crippen LogP contribution in [0.15, 0.2) is 24.3 Å². The molecular weight excluding hydrogens is 1570 g/mol. The van der Waals surface area contributed by atoms with Crippen LogP contribution in [0.25, 0.3) is 0 Å². The Morgan fingerprint density at radius 1 is 0.322 bits per heavy atom. The summed E-state index contributed by atoms with van der Waals surface area (Å²) < 4.78 is 73.6. The Hall–Kier alpha value is -3.05. The smallest absolute Gasteiger partial charge is 0.463 e. The zero-order chi connectivity index (χ0) is 88.2. The van der Waals surface area contributed by atoms with Gasteiger partial charge in [-0.1, -0.05) is 347 Å². The van der Waals surface area contributed by atoms with E-state index in [-0.39, 0.29) is 25.7 Å².